The molecule has 1 amide bonds. The van der Waals surface area contributed by atoms with Gasteiger partial charge in [-0.1, -0.05) is 6.08 Å². The molecule has 3 atom stereocenters. The molecule has 0 spiro atoms. The zero-order valence-electron chi connectivity index (χ0n) is 11.4. The van der Waals surface area contributed by atoms with Crippen LogP contribution in [-0.4, -0.2) is 41.4 Å². The number of carbonyl (C=O) groups excluding carboxylic acids is 1. The third-order valence-corrected chi connectivity index (χ3v) is 5.08. The van der Waals surface area contributed by atoms with Crippen LogP contribution in [-0.2, 0) is 0 Å². The molecule has 1 fully saturated rings. The summed E-state index contributed by atoms with van der Waals surface area (Å²) in [6.45, 7) is 0.949. The van der Waals surface area contributed by atoms with E-state index in [1.165, 1.54) is 5.57 Å². The van der Waals surface area contributed by atoms with E-state index < -0.39 is 6.10 Å². The predicted molar refractivity (Wildman–Crippen MR) is 73.5 cm³/mol. The standard InChI is InChI=1S/C16H15NO4/c18-9-3-8-1-2-17-15(8)11(4-9)10-5-13-14(21-7-20-13)6-12(10)16(17)19/h3,5-6,9,11,15,18H,1-2,4,7H2/t9-,11+,15-/m0/s1. The van der Waals surface area contributed by atoms with E-state index >= 15 is 0 Å². The van der Waals surface area contributed by atoms with Gasteiger partial charge in [-0.05, 0) is 36.1 Å². The average molecular weight is 285 g/mol. The first-order valence-corrected chi connectivity index (χ1v) is 7.35. The number of aliphatic hydroxyl groups is 1. The van der Waals surface area contributed by atoms with Crippen molar-refractivity contribution in [2.24, 2.45) is 0 Å². The van der Waals surface area contributed by atoms with Gasteiger partial charge < -0.3 is 19.5 Å². The summed E-state index contributed by atoms with van der Waals surface area (Å²) in [5.41, 5.74) is 2.91. The summed E-state index contributed by atoms with van der Waals surface area (Å²) in [4.78, 5) is 14.7. The average Bonchev–Trinajstić information content (AvgIpc) is 3.09. The number of amides is 1. The van der Waals surface area contributed by atoms with Crippen molar-refractivity contribution in [3.05, 3.63) is 34.9 Å². The Morgan fingerprint density at radius 3 is 2.90 bits per heavy atom. The number of benzene rings is 1. The molecule has 1 N–H and O–H groups in total. The molecule has 0 bridgehead atoms. The summed E-state index contributed by atoms with van der Waals surface area (Å²) < 4.78 is 10.8. The van der Waals surface area contributed by atoms with Gasteiger partial charge in [-0.15, -0.1) is 0 Å². The first-order chi connectivity index (χ1) is 10.2. The van der Waals surface area contributed by atoms with Gasteiger partial charge in [0.2, 0.25) is 6.79 Å². The van der Waals surface area contributed by atoms with Crippen molar-refractivity contribution in [3.8, 4) is 11.5 Å². The lowest BCUT2D eigenvalue weighted by Gasteiger charge is -2.41. The van der Waals surface area contributed by atoms with Crippen LogP contribution in [0.15, 0.2) is 23.8 Å². The lowest BCUT2D eigenvalue weighted by molar-refractivity contribution is 0.0665. The van der Waals surface area contributed by atoms with Crippen LogP contribution in [0.2, 0.25) is 0 Å². The summed E-state index contributed by atoms with van der Waals surface area (Å²) >= 11 is 0. The molecule has 5 rings (SSSR count). The second-order valence-electron chi connectivity index (χ2n) is 6.14. The number of carbonyl (C=O) groups is 1. The van der Waals surface area contributed by atoms with Crippen molar-refractivity contribution < 1.29 is 19.4 Å². The highest BCUT2D eigenvalue weighted by Gasteiger charge is 2.47. The molecule has 0 saturated carbocycles. The van der Waals surface area contributed by atoms with Crippen molar-refractivity contribution in [1.29, 1.82) is 0 Å². The van der Waals surface area contributed by atoms with Crippen molar-refractivity contribution in [2.45, 2.75) is 30.9 Å². The maximum absolute atomic E-state index is 12.8. The van der Waals surface area contributed by atoms with Crippen LogP contribution in [0.5, 0.6) is 11.5 Å². The molecule has 1 aliphatic carbocycles. The Balaban J connectivity index is 1.73. The monoisotopic (exact) mass is 285 g/mol. The van der Waals surface area contributed by atoms with Crippen LogP contribution in [0.3, 0.4) is 0 Å². The lowest BCUT2D eigenvalue weighted by Crippen LogP contribution is -2.46. The fourth-order valence-corrected chi connectivity index (χ4v) is 4.23. The second-order valence-corrected chi connectivity index (χ2v) is 6.14. The number of hydrogen-bond acceptors (Lipinski definition) is 4. The Morgan fingerprint density at radius 2 is 2.05 bits per heavy atom. The minimum atomic E-state index is -0.423. The van der Waals surface area contributed by atoms with Crippen molar-refractivity contribution in [2.75, 3.05) is 13.3 Å². The first kappa shape index (κ1) is 11.6. The molecule has 1 aromatic rings. The summed E-state index contributed by atoms with van der Waals surface area (Å²) in [5.74, 6) is 1.58. The van der Waals surface area contributed by atoms with Gasteiger partial charge in [-0.2, -0.15) is 0 Å². The number of rotatable bonds is 0. The number of fused-ring (bicyclic) bond motifs is 3. The highest BCUT2D eigenvalue weighted by atomic mass is 16.7. The van der Waals surface area contributed by atoms with Crippen molar-refractivity contribution >= 4 is 5.91 Å². The van der Waals surface area contributed by atoms with Gasteiger partial charge in [-0.25, -0.2) is 0 Å². The third kappa shape index (κ3) is 1.42. The van der Waals surface area contributed by atoms with E-state index in [9.17, 15) is 9.90 Å². The van der Waals surface area contributed by atoms with E-state index in [2.05, 4.69) is 0 Å². The molecule has 1 aromatic carbocycles. The molecular weight excluding hydrogens is 270 g/mol. The first-order valence-electron chi connectivity index (χ1n) is 7.35. The van der Waals surface area contributed by atoms with E-state index in [4.69, 9.17) is 9.47 Å². The quantitative estimate of drug-likeness (QED) is 0.732. The molecule has 0 aromatic heterocycles. The van der Waals surface area contributed by atoms with Crippen LogP contribution >= 0.6 is 0 Å². The zero-order valence-corrected chi connectivity index (χ0v) is 11.4. The van der Waals surface area contributed by atoms with Crippen LogP contribution in [0.25, 0.3) is 0 Å². The van der Waals surface area contributed by atoms with Gasteiger partial charge in [0, 0.05) is 18.0 Å². The maximum atomic E-state index is 12.8. The number of hydrogen-bond donors (Lipinski definition) is 1. The maximum Gasteiger partial charge on any atom is 0.254 e. The summed E-state index contributed by atoms with van der Waals surface area (Å²) in [6.07, 6.45) is 3.04. The van der Waals surface area contributed by atoms with E-state index in [1.807, 2.05) is 17.0 Å². The molecule has 108 valence electrons. The van der Waals surface area contributed by atoms with Gasteiger partial charge in [0.1, 0.15) is 0 Å². The predicted octanol–water partition coefficient (Wildman–Crippen LogP) is 1.42. The van der Waals surface area contributed by atoms with Crippen LogP contribution < -0.4 is 9.47 Å². The van der Waals surface area contributed by atoms with Crippen LogP contribution in [0.1, 0.15) is 34.7 Å². The van der Waals surface area contributed by atoms with Crippen LogP contribution in [0.4, 0.5) is 0 Å². The largest absolute Gasteiger partial charge is 0.454 e. The Bertz CT molecular complexity index is 696. The summed E-state index contributed by atoms with van der Waals surface area (Å²) in [6, 6.07) is 3.86. The van der Waals surface area contributed by atoms with Gasteiger partial charge in [0.25, 0.3) is 5.91 Å². The molecule has 21 heavy (non-hydrogen) atoms. The molecule has 5 nitrogen and oxygen atoms in total. The Kier molecular flexibility index (Phi) is 2.10. The summed E-state index contributed by atoms with van der Waals surface area (Å²) in [5, 5.41) is 10.1. The highest BCUT2D eigenvalue weighted by Crippen LogP contribution is 2.49. The molecule has 3 heterocycles. The molecule has 5 heteroatoms. The Morgan fingerprint density at radius 1 is 1.24 bits per heavy atom. The molecule has 3 aliphatic heterocycles. The Labute approximate surface area is 121 Å². The minimum absolute atomic E-state index is 0.0735. The molecule has 4 aliphatic rings. The normalized spacial score (nSPS) is 31.9. The van der Waals surface area contributed by atoms with Crippen LogP contribution in [0, 0.1) is 0 Å². The van der Waals surface area contributed by atoms with Gasteiger partial charge in [0.05, 0.1) is 12.1 Å². The molecule has 0 radical (unpaired) electrons. The SMILES string of the molecule is O=C1c2cc3c(cc2[C@H]2C[C@@H](O)C=C4CCN1[C@@H]42)OCO3. The number of nitrogens with zero attached hydrogens (tertiary/aromatic N) is 1. The van der Waals surface area contributed by atoms with E-state index in [0.29, 0.717) is 23.5 Å². The van der Waals surface area contributed by atoms with E-state index in [-0.39, 0.29) is 24.7 Å². The van der Waals surface area contributed by atoms with Gasteiger partial charge in [-0.3, -0.25) is 4.79 Å². The minimum Gasteiger partial charge on any atom is -0.454 e. The number of aliphatic hydroxyl groups excluding tert-OH is 1. The van der Waals surface area contributed by atoms with E-state index in [1.54, 1.807) is 6.07 Å². The molecule has 0 unspecified atom stereocenters. The summed E-state index contributed by atoms with van der Waals surface area (Å²) in [7, 11) is 0. The van der Waals surface area contributed by atoms with Crippen molar-refractivity contribution in [3.63, 3.8) is 0 Å². The van der Waals surface area contributed by atoms with Gasteiger partial charge >= 0.3 is 0 Å². The molecule has 1 saturated heterocycles. The Hall–Kier alpha value is -2.01. The van der Waals surface area contributed by atoms with Gasteiger partial charge in [0.15, 0.2) is 11.5 Å². The topological polar surface area (TPSA) is 59.0 Å². The smallest absolute Gasteiger partial charge is 0.254 e. The zero-order chi connectivity index (χ0) is 14.1. The molecular formula is C16H15NO4. The fourth-order valence-electron chi connectivity index (χ4n) is 4.23. The lowest BCUT2D eigenvalue weighted by atomic mass is 9.75. The van der Waals surface area contributed by atoms with Crippen molar-refractivity contribution in [1.82, 2.24) is 4.90 Å². The fraction of sp³-hybridized carbons (Fsp3) is 0.438. The van der Waals surface area contributed by atoms with E-state index in [0.717, 1.165) is 18.5 Å². The number of ether oxygens (including phenoxy) is 2. The third-order valence-electron chi connectivity index (χ3n) is 5.08. The highest BCUT2D eigenvalue weighted by molar-refractivity contribution is 5.99. The second kappa shape index (κ2) is 3.80.